The van der Waals surface area contributed by atoms with Gasteiger partial charge in [0, 0.05) is 0 Å². The van der Waals surface area contributed by atoms with Gasteiger partial charge in [-0.05, 0) is 30.0 Å². The number of carbonyl (C=O) groups excluding carboxylic acids is 2. The predicted molar refractivity (Wildman–Crippen MR) is 71.8 cm³/mol. The van der Waals surface area contributed by atoms with Crippen LogP contribution >= 0.6 is 0 Å². The van der Waals surface area contributed by atoms with Crippen molar-refractivity contribution in [2.24, 2.45) is 0 Å². The molecule has 0 radical (unpaired) electrons. The largest absolute Gasteiger partial charge is 0.392 e. The second-order valence-corrected chi connectivity index (χ2v) is 4.14. The molecule has 3 nitrogen and oxygen atoms in total. The number of ether oxygens (including phenoxy) is 1. The third kappa shape index (κ3) is 3.52. The Balaban J connectivity index is 2.12. The number of aryl methyl sites for hydroxylation is 2. The van der Waals surface area contributed by atoms with Crippen molar-refractivity contribution in [2.75, 3.05) is 0 Å². The first-order chi connectivity index (χ1) is 9.31. The van der Waals surface area contributed by atoms with Gasteiger partial charge in [-0.2, -0.15) is 0 Å². The summed E-state index contributed by atoms with van der Waals surface area (Å²) in [4.78, 5) is 21.9. The summed E-state index contributed by atoms with van der Waals surface area (Å²) in [6.45, 7) is 0.163. The molecule has 0 fully saturated rings. The highest BCUT2D eigenvalue weighted by atomic mass is 16.6. The first kappa shape index (κ1) is 13.0. The smallest absolute Gasteiger partial charge is 0.345 e. The van der Waals surface area contributed by atoms with Gasteiger partial charge in [0.2, 0.25) is 0 Å². The molecule has 0 aromatic heterocycles. The van der Waals surface area contributed by atoms with E-state index in [1.165, 1.54) is 5.56 Å². The Morgan fingerprint density at radius 3 is 2.37 bits per heavy atom. The minimum atomic E-state index is -0.598. The minimum absolute atomic E-state index is 0.163. The highest BCUT2D eigenvalue weighted by molar-refractivity contribution is 5.94. The maximum atomic E-state index is 11.6. The molecule has 2 aromatic rings. The zero-order valence-corrected chi connectivity index (χ0v) is 10.4. The molecule has 0 spiro atoms. The summed E-state index contributed by atoms with van der Waals surface area (Å²) in [5, 5.41) is 0. The summed E-state index contributed by atoms with van der Waals surface area (Å²) in [7, 11) is 0. The standard InChI is InChI=1S/C16H14O3/c17-12-19-16(18)15-9-5-4-8-14(15)11-10-13-6-2-1-3-7-13/h1-9,12H,10-11H2. The van der Waals surface area contributed by atoms with Gasteiger partial charge in [0.15, 0.2) is 0 Å². The number of hydrogen-bond donors (Lipinski definition) is 0. The summed E-state index contributed by atoms with van der Waals surface area (Å²) in [5.41, 5.74) is 2.55. The molecule has 0 bridgehead atoms. The number of hydrogen-bond acceptors (Lipinski definition) is 3. The molecule has 0 aliphatic carbocycles. The maximum Gasteiger partial charge on any atom is 0.345 e. The molecule has 0 atom stereocenters. The van der Waals surface area contributed by atoms with Crippen molar-refractivity contribution in [1.29, 1.82) is 0 Å². The lowest BCUT2D eigenvalue weighted by Gasteiger charge is -2.07. The molecule has 3 heteroatoms. The van der Waals surface area contributed by atoms with Crippen LogP contribution in [0.1, 0.15) is 21.5 Å². The maximum absolute atomic E-state index is 11.6. The molecule has 0 saturated carbocycles. The number of esters is 1. The van der Waals surface area contributed by atoms with E-state index in [9.17, 15) is 9.59 Å². The van der Waals surface area contributed by atoms with Gasteiger partial charge in [-0.3, -0.25) is 4.79 Å². The molecular formula is C16H14O3. The number of benzene rings is 2. The Bertz CT molecular complexity index is 561. The van der Waals surface area contributed by atoms with Crippen LogP contribution in [0.15, 0.2) is 54.6 Å². The molecule has 0 amide bonds. The zero-order chi connectivity index (χ0) is 13.5. The summed E-state index contributed by atoms with van der Waals surface area (Å²) >= 11 is 0. The van der Waals surface area contributed by atoms with Crippen molar-refractivity contribution >= 4 is 12.4 Å². The van der Waals surface area contributed by atoms with Gasteiger partial charge < -0.3 is 4.74 Å². The van der Waals surface area contributed by atoms with E-state index in [-0.39, 0.29) is 6.47 Å². The first-order valence-electron chi connectivity index (χ1n) is 6.07. The van der Waals surface area contributed by atoms with E-state index in [1.807, 2.05) is 42.5 Å². The van der Waals surface area contributed by atoms with Crippen molar-refractivity contribution in [3.63, 3.8) is 0 Å². The van der Waals surface area contributed by atoms with E-state index in [4.69, 9.17) is 0 Å². The molecule has 2 aromatic carbocycles. The minimum Gasteiger partial charge on any atom is -0.392 e. The normalized spacial score (nSPS) is 9.89. The van der Waals surface area contributed by atoms with E-state index < -0.39 is 5.97 Å². The molecule has 0 aliphatic heterocycles. The molecule has 0 aliphatic rings. The summed E-state index contributed by atoms with van der Waals surface area (Å²) < 4.78 is 4.40. The molecule has 0 heterocycles. The van der Waals surface area contributed by atoms with Crippen molar-refractivity contribution in [3.8, 4) is 0 Å². The van der Waals surface area contributed by atoms with Crippen LogP contribution < -0.4 is 0 Å². The summed E-state index contributed by atoms with van der Waals surface area (Å²) in [6, 6.07) is 17.2. The Morgan fingerprint density at radius 1 is 0.947 bits per heavy atom. The fourth-order valence-corrected chi connectivity index (χ4v) is 1.97. The average Bonchev–Trinajstić information content (AvgIpc) is 2.47. The van der Waals surface area contributed by atoms with E-state index in [2.05, 4.69) is 4.74 Å². The van der Waals surface area contributed by atoms with Crippen LogP contribution in [-0.2, 0) is 22.4 Å². The van der Waals surface area contributed by atoms with E-state index in [0.717, 1.165) is 18.4 Å². The third-order valence-electron chi connectivity index (χ3n) is 2.92. The van der Waals surface area contributed by atoms with Crippen LogP contribution in [0, 0.1) is 0 Å². The highest BCUT2D eigenvalue weighted by Gasteiger charge is 2.11. The van der Waals surface area contributed by atoms with Crippen LogP contribution in [-0.4, -0.2) is 12.4 Å². The topological polar surface area (TPSA) is 43.4 Å². The van der Waals surface area contributed by atoms with E-state index >= 15 is 0 Å². The predicted octanol–water partition coefficient (Wildman–Crippen LogP) is 2.79. The zero-order valence-electron chi connectivity index (χ0n) is 10.4. The Labute approximate surface area is 111 Å². The van der Waals surface area contributed by atoms with Gasteiger partial charge in [-0.15, -0.1) is 0 Å². The van der Waals surface area contributed by atoms with Crippen molar-refractivity contribution in [2.45, 2.75) is 12.8 Å². The lowest BCUT2D eigenvalue weighted by atomic mass is 10.00. The second-order valence-electron chi connectivity index (χ2n) is 4.14. The van der Waals surface area contributed by atoms with E-state index in [0.29, 0.717) is 5.56 Å². The van der Waals surface area contributed by atoms with E-state index in [1.54, 1.807) is 12.1 Å². The van der Waals surface area contributed by atoms with Gasteiger partial charge >= 0.3 is 12.4 Å². The third-order valence-corrected chi connectivity index (χ3v) is 2.92. The van der Waals surface area contributed by atoms with Crippen LogP contribution in [0.5, 0.6) is 0 Å². The quantitative estimate of drug-likeness (QED) is 0.468. The van der Waals surface area contributed by atoms with Crippen LogP contribution in [0.3, 0.4) is 0 Å². The molecule has 0 unspecified atom stereocenters. The SMILES string of the molecule is O=COC(=O)c1ccccc1CCc1ccccc1. The average molecular weight is 254 g/mol. The fraction of sp³-hybridized carbons (Fsp3) is 0.125. The fourth-order valence-electron chi connectivity index (χ4n) is 1.97. The van der Waals surface area contributed by atoms with Gasteiger partial charge in [0.1, 0.15) is 0 Å². The molecule has 96 valence electrons. The van der Waals surface area contributed by atoms with Gasteiger partial charge in [-0.25, -0.2) is 4.79 Å². The van der Waals surface area contributed by atoms with Crippen molar-refractivity contribution in [1.82, 2.24) is 0 Å². The van der Waals surface area contributed by atoms with Crippen LogP contribution in [0.4, 0.5) is 0 Å². The highest BCUT2D eigenvalue weighted by Crippen LogP contribution is 2.13. The summed E-state index contributed by atoms with van der Waals surface area (Å²) in [5.74, 6) is -0.598. The lowest BCUT2D eigenvalue weighted by molar-refractivity contribution is -0.123. The summed E-state index contributed by atoms with van der Waals surface area (Å²) in [6.07, 6.45) is 1.57. The monoisotopic (exact) mass is 254 g/mol. The second kappa shape index (κ2) is 6.50. The number of rotatable bonds is 5. The van der Waals surface area contributed by atoms with Gasteiger partial charge in [0.05, 0.1) is 5.56 Å². The molecule has 19 heavy (non-hydrogen) atoms. The number of carbonyl (C=O) groups is 2. The van der Waals surface area contributed by atoms with Gasteiger partial charge in [-0.1, -0.05) is 48.5 Å². The Kier molecular flexibility index (Phi) is 4.45. The van der Waals surface area contributed by atoms with Crippen molar-refractivity contribution < 1.29 is 14.3 Å². The lowest BCUT2D eigenvalue weighted by Crippen LogP contribution is -2.07. The molecule has 0 N–H and O–H groups in total. The molecular weight excluding hydrogens is 240 g/mol. The first-order valence-corrected chi connectivity index (χ1v) is 6.07. The molecule has 2 rings (SSSR count). The Morgan fingerprint density at radius 2 is 1.63 bits per heavy atom. The van der Waals surface area contributed by atoms with Gasteiger partial charge in [0.25, 0.3) is 0 Å². The molecule has 0 saturated heterocycles. The Hall–Kier alpha value is -2.42. The van der Waals surface area contributed by atoms with Crippen LogP contribution in [0.2, 0.25) is 0 Å². The van der Waals surface area contributed by atoms with Crippen LogP contribution in [0.25, 0.3) is 0 Å². The van der Waals surface area contributed by atoms with Crippen molar-refractivity contribution in [3.05, 3.63) is 71.3 Å².